The Morgan fingerprint density at radius 2 is 0.806 bits per heavy atom. The van der Waals surface area contributed by atoms with E-state index in [1.807, 2.05) is 27.7 Å². The summed E-state index contributed by atoms with van der Waals surface area (Å²) >= 11 is 0. The lowest BCUT2D eigenvalue weighted by molar-refractivity contribution is -0.136. The molecule has 0 saturated heterocycles. The second-order valence-corrected chi connectivity index (χ2v) is 37.7. The Bertz CT molecular complexity index is 4490. The number of hydrogen-bond donors (Lipinski definition) is 19. The Balaban J connectivity index is 0.000000780. The van der Waals surface area contributed by atoms with Crippen molar-refractivity contribution in [2.45, 2.75) is 337 Å². The molecule has 0 unspecified atom stereocenters. The van der Waals surface area contributed by atoms with E-state index in [-0.39, 0.29) is 174 Å². The number of carbonyl (C=O) groups is 15. The van der Waals surface area contributed by atoms with Crippen molar-refractivity contribution in [3.8, 4) is 5.75 Å². The van der Waals surface area contributed by atoms with Crippen molar-refractivity contribution in [3.63, 3.8) is 0 Å². The molecule has 40 heteroatoms. The number of rotatable bonds is 74. The number of nitrogens with two attached hydrogens (primary N) is 7. The smallest absolute Gasteiger partial charge is 0.224 e. The number of imidazole rings is 3. The van der Waals surface area contributed by atoms with Gasteiger partial charge in [-0.1, -0.05) is 158 Å². The molecule has 3 heterocycles. The summed E-state index contributed by atoms with van der Waals surface area (Å²) in [5.41, 5.74) is 41.6. The fourth-order valence-corrected chi connectivity index (χ4v) is 16.1. The highest BCUT2D eigenvalue weighted by molar-refractivity contribution is 6.00. The van der Waals surface area contributed by atoms with E-state index in [1.54, 1.807) is 59.1 Å². The molecular formula is C99H163N23O17. The van der Waals surface area contributed by atoms with Gasteiger partial charge in [-0.05, 0) is 120 Å². The maximum Gasteiger partial charge on any atom is 0.224 e. The second-order valence-electron chi connectivity index (χ2n) is 37.7. The first-order chi connectivity index (χ1) is 66.0. The van der Waals surface area contributed by atoms with Gasteiger partial charge in [0.15, 0.2) is 58.4 Å². The molecule has 0 aliphatic heterocycles. The number of primary amides is 1. The summed E-state index contributed by atoms with van der Waals surface area (Å²) < 4.78 is 0. The van der Waals surface area contributed by atoms with Gasteiger partial charge in [-0.3, -0.25) is 86.9 Å². The number of phenols is 1. The van der Waals surface area contributed by atoms with Crippen LogP contribution in [0.2, 0.25) is 0 Å². The van der Waals surface area contributed by atoms with E-state index in [0.717, 1.165) is 24.8 Å². The normalized spacial score (nSPS) is 14.5. The van der Waals surface area contributed by atoms with E-state index in [9.17, 15) is 82.1 Å². The average Bonchev–Trinajstić information content (AvgIpc) is 1.79. The van der Waals surface area contributed by atoms with Crippen molar-refractivity contribution in [2.75, 3.05) is 26.2 Å². The van der Waals surface area contributed by atoms with Crippen LogP contribution in [0.15, 0.2) is 76.8 Å². The molecule has 0 radical (unpaired) electrons. The fraction of sp³-hybridized carbons (Fsp3) is 0.667. The molecule has 4 aromatic rings. The summed E-state index contributed by atoms with van der Waals surface area (Å²) in [4.78, 5) is 237. The zero-order valence-corrected chi connectivity index (χ0v) is 84.0. The number of guanidine groups is 3. The van der Waals surface area contributed by atoms with Gasteiger partial charge in [-0.25, -0.2) is 15.0 Å². The molecule has 0 bridgehead atoms. The minimum Gasteiger partial charge on any atom is -0.508 e. The maximum absolute atomic E-state index is 14.7. The van der Waals surface area contributed by atoms with E-state index in [1.165, 1.54) is 115 Å². The Morgan fingerprint density at radius 1 is 0.396 bits per heavy atom. The fourth-order valence-electron chi connectivity index (χ4n) is 16.1. The number of benzene rings is 1. The summed E-state index contributed by atoms with van der Waals surface area (Å²) in [5.74, 6) is -14.7. The second kappa shape index (κ2) is 67.2. The summed E-state index contributed by atoms with van der Waals surface area (Å²) in [6, 6.07) is -0.943. The third kappa shape index (κ3) is 49.8. The summed E-state index contributed by atoms with van der Waals surface area (Å²) in [6.07, 6.45) is 25.9. The number of aliphatic hydroxyl groups excluding tert-OH is 1. The number of unbranched alkanes of at least 4 members (excludes halogenated alkanes) is 12. The van der Waals surface area contributed by atoms with Crippen LogP contribution in [0.3, 0.4) is 0 Å². The van der Waals surface area contributed by atoms with Gasteiger partial charge < -0.3 is 103 Å². The van der Waals surface area contributed by atoms with Crippen molar-refractivity contribution >= 4 is 106 Å². The van der Waals surface area contributed by atoms with Crippen molar-refractivity contribution in [1.29, 1.82) is 0 Å². The summed E-state index contributed by atoms with van der Waals surface area (Å²) in [5, 5.41) is 39.3. The van der Waals surface area contributed by atoms with Crippen molar-refractivity contribution < 1.29 is 82.1 Å². The predicted octanol–water partition coefficient (Wildman–Crippen LogP) is 6.21. The standard InChI is InChI=1S/C57H94N16O11.C42H69N7O6/c1-7-33(5)42(50(58)80)28-49(79)45(30-74)73-53(83)38(22-32(3)4)26-46(76)34(6)70-52(82)37(12-9-19-66-55(59)60)25-47(77)43(13-10-20-67-56(61)62)72-54(84)39(24-40-29-65-31-69-40)27-48(78)44(14-11-21-68-57(63)64)71-51(81)36(8-2)23-35-15-17-41(75)18-16-35;1-7-8-9-10-11-12-13-14-15-16-17-18-19-20-39(53)48-36(24-35-26-44-28-46-35)37(51)21-30(4)41(54)49-40(29(2)3)38(52)23-33(22-34-25-43-27-45-34)42(55)47-31(5)32(6)50/h15-18,29,31-34,36-39,42-45,74-75H,7-14,19-28,30H2,1-6H3,(H2,58,80)(H,65,69)(H,70,82)(H,71,81)(H,72,84)(H,73,83)(H4,59,60,66)(H4,61,62,67)(H4,63,64,68);25-31,33,36,40H,7-24H2,1-6H3,(H,43,45)(H,44,46)(H,47,55)(H,48,53)(H,49,54)/t33-,34-,36-,37+,38+,39+,42-,43-,44-,45-;30-,31+,33-,36+,40+/m01/s1. The lowest BCUT2D eigenvalue weighted by Gasteiger charge is -2.26. The van der Waals surface area contributed by atoms with Crippen LogP contribution >= 0.6 is 0 Å². The van der Waals surface area contributed by atoms with Gasteiger partial charge in [0.2, 0.25) is 47.3 Å². The zero-order valence-electron chi connectivity index (χ0n) is 84.0. The number of hydrogen-bond acceptors (Lipinski definition) is 23. The minimum absolute atomic E-state index is 0.0160. The van der Waals surface area contributed by atoms with Crippen LogP contribution in [0.4, 0.5) is 0 Å². The highest BCUT2D eigenvalue weighted by Gasteiger charge is 2.39. The zero-order chi connectivity index (χ0) is 104. The first-order valence-electron chi connectivity index (χ1n) is 49.6. The Labute approximate surface area is 818 Å². The number of amides is 8. The van der Waals surface area contributed by atoms with Crippen LogP contribution in [0.25, 0.3) is 0 Å². The largest absolute Gasteiger partial charge is 0.508 e. The van der Waals surface area contributed by atoms with Crippen molar-refractivity contribution in [1.82, 2.24) is 67.1 Å². The van der Waals surface area contributed by atoms with Gasteiger partial charge in [0, 0.05) is 149 Å². The lowest BCUT2D eigenvalue weighted by Crippen LogP contribution is -2.49. The third-order valence-electron chi connectivity index (χ3n) is 25.0. The molecule has 4 rings (SSSR count). The first kappa shape index (κ1) is 121. The molecule has 776 valence electrons. The van der Waals surface area contributed by atoms with Crippen molar-refractivity contribution in [2.24, 2.45) is 114 Å². The number of aromatic hydroxyl groups is 1. The van der Waals surface area contributed by atoms with E-state index in [4.69, 9.17) is 40.1 Å². The molecule has 1 aromatic carbocycles. The number of phenolic OH excluding ortho intramolecular Hbond substituents is 1. The number of aliphatic hydroxyl groups is 1. The quantitative estimate of drug-likeness (QED) is 0.0133. The molecule has 0 aliphatic carbocycles. The minimum atomic E-state index is -1.37. The lowest BCUT2D eigenvalue weighted by atomic mass is 9.85. The Kier molecular flexibility index (Phi) is 58.5. The molecule has 0 aliphatic rings. The predicted molar refractivity (Wildman–Crippen MR) is 532 cm³/mol. The van der Waals surface area contributed by atoms with Crippen LogP contribution in [0.5, 0.6) is 5.75 Å². The van der Waals surface area contributed by atoms with Crippen LogP contribution in [0.1, 0.15) is 292 Å². The van der Waals surface area contributed by atoms with E-state index < -0.39 is 168 Å². The maximum atomic E-state index is 14.7. The highest BCUT2D eigenvalue weighted by Crippen LogP contribution is 2.27. The van der Waals surface area contributed by atoms with Crippen LogP contribution in [-0.4, -0.2) is 214 Å². The number of aromatic nitrogens is 6. The molecule has 26 N–H and O–H groups in total. The highest BCUT2D eigenvalue weighted by atomic mass is 16.3. The van der Waals surface area contributed by atoms with Gasteiger partial charge >= 0.3 is 0 Å². The number of carbonyl (C=O) groups excluding carboxylic acids is 15. The molecule has 40 nitrogen and oxygen atoms in total. The molecule has 3 aromatic heterocycles. The van der Waals surface area contributed by atoms with Gasteiger partial charge in [0.05, 0.1) is 73.7 Å². The molecular weight excluding hydrogens is 1780 g/mol. The monoisotopic (exact) mass is 1950 g/mol. The molecule has 0 fully saturated rings. The Hall–Kier alpha value is -12.1. The molecule has 15 atom stereocenters. The molecule has 139 heavy (non-hydrogen) atoms. The SMILES string of the molecule is CCCCCCCCCCCCCCCC(=O)N[C@@H](Cc1cnc[nH]1)C(=O)C[C@@H](C)C(=O)N[C@H](C(=O)C[C@@H](Cc1cnc[nH]1)C(=O)N[C@@H](C)C(C)=O)C(C)C.CC[C@@H](Cc1ccc(O)cc1)C(=O)N[C@@H](CCCN=C(N)N)C(=O)C[C@@H](Cc1cnc[nH]1)C(=O)N[C@@H](CCCN=C(N)N)C(=O)C[C@@H](CCCN=C(N)N)C(=O)N[C@@H](C)C(=O)C[C@@H](CC(C)C)C(=O)N[C@@H](CO)C(=O)C[C@H](C(N)=O)[C@@H](C)CC. The van der Waals surface area contributed by atoms with E-state index >= 15 is 0 Å². The van der Waals surface area contributed by atoms with Gasteiger partial charge in [-0.2, -0.15) is 0 Å². The topological polar surface area (TPSA) is 686 Å². The third-order valence-corrected chi connectivity index (χ3v) is 25.0. The number of ketones is 7. The molecule has 8 amide bonds. The first-order valence-corrected chi connectivity index (χ1v) is 49.6. The number of aromatic amines is 3. The number of nitrogens with one attached hydrogen (secondary N) is 10. The van der Waals surface area contributed by atoms with Gasteiger partial charge in [-0.15, -0.1) is 0 Å². The van der Waals surface area contributed by atoms with Crippen molar-refractivity contribution in [3.05, 3.63) is 84.5 Å². The van der Waals surface area contributed by atoms with E-state index in [0.29, 0.717) is 42.8 Å². The summed E-state index contributed by atoms with van der Waals surface area (Å²) in [7, 11) is 0. The van der Waals surface area contributed by atoms with Gasteiger partial charge in [0.1, 0.15) is 11.8 Å². The Morgan fingerprint density at radius 3 is 1.24 bits per heavy atom. The van der Waals surface area contributed by atoms with Crippen LogP contribution in [0, 0.1) is 59.2 Å². The summed E-state index contributed by atoms with van der Waals surface area (Å²) in [6.45, 7) is 20.5. The van der Waals surface area contributed by atoms with Crippen LogP contribution in [-0.2, 0) is 97.6 Å². The average molecular weight is 1950 g/mol. The number of H-pyrrole nitrogens is 3. The molecule has 0 spiro atoms. The van der Waals surface area contributed by atoms with Gasteiger partial charge in [0.25, 0.3) is 0 Å². The van der Waals surface area contributed by atoms with Crippen LogP contribution < -0.4 is 77.4 Å². The number of Topliss-reactive ketones (excluding diaryl/α,β-unsaturated/α-hetero) is 7. The van der Waals surface area contributed by atoms with E-state index in [2.05, 4.69) is 89.0 Å². The number of nitrogens with zero attached hydrogens (tertiary/aromatic N) is 6. The molecule has 0 saturated carbocycles. The number of aliphatic imine (C=N–C) groups is 3.